The number of carbonyl (C=O) groups is 1. The second-order valence-electron chi connectivity index (χ2n) is 9.08. The molecule has 4 aromatic rings. The topological polar surface area (TPSA) is 46.9 Å². The van der Waals surface area contributed by atoms with E-state index in [1.54, 1.807) is 11.3 Å². The molecule has 3 heterocycles. The van der Waals surface area contributed by atoms with Gasteiger partial charge >= 0.3 is 0 Å². The molecule has 1 aliphatic heterocycles. The van der Waals surface area contributed by atoms with E-state index in [0.29, 0.717) is 12.3 Å². The number of nitrogens with one attached hydrogen (secondary N) is 1. The van der Waals surface area contributed by atoms with Gasteiger partial charge in [-0.3, -0.25) is 9.36 Å². The van der Waals surface area contributed by atoms with Crippen molar-refractivity contribution in [3.05, 3.63) is 93.3 Å². The van der Waals surface area contributed by atoms with Crippen LogP contribution in [0.3, 0.4) is 0 Å². The molecule has 5 heteroatoms. The van der Waals surface area contributed by atoms with Crippen LogP contribution in [0.15, 0.2) is 77.3 Å². The number of allylic oxidation sites excluding steroid dienone is 2. The Kier molecular flexibility index (Phi) is 4.54. The van der Waals surface area contributed by atoms with Crippen LogP contribution in [-0.4, -0.2) is 15.3 Å². The van der Waals surface area contributed by atoms with Crippen molar-refractivity contribution in [2.45, 2.75) is 44.6 Å². The summed E-state index contributed by atoms with van der Waals surface area (Å²) in [5.41, 5.74) is 6.36. The summed E-state index contributed by atoms with van der Waals surface area (Å²) >= 11 is 1.74. The van der Waals surface area contributed by atoms with Gasteiger partial charge in [0.05, 0.1) is 17.1 Å². The smallest absolute Gasteiger partial charge is 0.209 e. The zero-order valence-electron chi connectivity index (χ0n) is 18.2. The first-order valence-electron chi connectivity index (χ1n) is 11.2. The Morgan fingerprint density at radius 3 is 2.59 bits per heavy atom. The maximum absolute atomic E-state index is 13.6. The predicted molar refractivity (Wildman–Crippen MR) is 130 cm³/mol. The molecular weight excluding hydrogens is 414 g/mol. The molecule has 0 amide bonds. The lowest BCUT2D eigenvalue weighted by Crippen LogP contribution is -2.33. The molecule has 0 bridgehead atoms. The van der Waals surface area contributed by atoms with Gasteiger partial charge in [-0.05, 0) is 47.0 Å². The van der Waals surface area contributed by atoms with E-state index < -0.39 is 0 Å². The normalized spacial score (nSPS) is 20.4. The van der Waals surface area contributed by atoms with Crippen LogP contribution in [0.25, 0.3) is 11.0 Å². The highest BCUT2D eigenvalue weighted by molar-refractivity contribution is 7.10. The first-order valence-corrected chi connectivity index (χ1v) is 12.1. The summed E-state index contributed by atoms with van der Waals surface area (Å²) in [4.78, 5) is 19.8. The van der Waals surface area contributed by atoms with Gasteiger partial charge in [-0.2, -0.15) is 0 Å². The Bertz CT molecular complexity index is 1350. The van der Waals surface area contributed by atoms with Crippen molar-refractivity contribution in [2.24, 2.45) is 0 Å². The maximum atomic E-state index is 13.6. The highest BCUT2D eigenvalue weighted by Crippen LogP contribution is 2.46. The lowest BCUT2D eigenvalue weighted by molar-refractivity contribution is -0.116. The Labute approximate surface area is 191 Å². The molecular formula is C27H25N3OS. The summed E-state index contributed by atoms with van der Waals surface area (Å²) in [6.07, 6.45) is 1.40. The molecule has 1 N–H and O–H groups in total. The zero-order chi connectivity index (χ0) is 21.8. The van der Waals surface area contributed by atoms with E-state index in [1.807, 2.05) is 18.2 Å². The van der Waals surface area contributed by atoms with E-state index in [2.05, 4.69) is 71.6 Å². The fourth-order valence-electron chi connectivity index (χ4n) is 5.13. The van der Waals surface area contributed by atoms with Crippen LogP contribution >= 0.6 is 11.3 Å². The van der Waals surface area contributed by atoms with Crippen molar-refractivity contribution in [3.8, 4) is 0 Å². The van der Waals surface area contributed by atoms with Gasteiger partial charge in [0, 0.05) is 28.5 Å². The highest BCUT2D eigenvalue weighted by Gasteiger charge is 2.39. The summed E-state index contributed by atoms with van der Waals surface area (Å²) in [6.45, 7) is 4.41. The Morgan fingerprint density at radius 2 is 1.84 bits per heavy atom. The summed E-state index contributed by atoms with van der Waals surface area (Å²) in [5, 5.41) is 5.65. The van der Waals surface area contributed by atoms with Crippen molar-refractivity contribution >= 4 is 34.1 Å². The molecule has 4 nitrogen and oxygen atoms in total. The zero-order valence-corrected chi connectivity index (χ0v) is 19.0. The van der Waals surface area contributed by atoms with Gasteiger partial charge in [0.25, 0.3) is 0 Å². The number of nitrogens with zero attached hydrogens (tertiary/aromatic N) is 2. The summed E-state index contributed by atoms with van der Waals surface area (Å²) in [7, 11) is 0. The van der Waals surface area contributed by atoms with Crippen LogP contribution in [0.5, 0.6) is 0 Å². The van der Waals surface area contributed by atoms with Crippen LogP contribution in [-0.2, 0) is 4.79 Å². The predicted octanol–water partition coefficient (Wildman–Crippen LogP) is 6.64. The van der Waals surface area contributed by atoms with E-state index in [0.717, 1.165) is 40.2 Å². The number of rotatable bonds is 3. The number of thiophene rings is 1. The monoisotopic (exact) mass is 439 g/mol. The van der Waals surface area contributed by atoms with E-state index in [9.17, 15) is 4.79 Å². The number of imidazole rings is 1. The van der Waals surface area contributed by atoms with Crippen LogP contribution in [0, 0.1) is 0 Å². The molecule has 32 heavy (non-hydrogen) atoms. The molecule has 160 valence electrons. The number of para-hydroxylation sites is 2. The number of hydrogen-bond acceptors (Lipinski definition) is 4. The minimum atomic E-state index is -0.161. The van der Waals surface area contributed by atoms with Gasteiger partial charge in [0.2, 0.25) is 5.95 Å². The molecule has 2 aromatic heterocycles. The first kappa shape index (κ1) is 19.5. The summed E-state index contributed by atoms with van der Waals surface area (Å²) in [5.74, 6) is 1.76. The molecule has 0 spiro atoms. The number of hydrogen-bond donors (Lipinski definition) is 1. The standard InChI is InChI=1S/C27H25N3OS/c1-16(2)17-9-11-18(12-10-17)26-25-21(14-19(15-23(25)31)24-8-5-13-32-24)29-27-28-20-6-3-4-7-22(20)30(26)27/h3-13,16,19,26H,14-15H2,1-2H3,(H,28,29). The molecule has 2 aliphatic rings. The molecule has 2 aromatic carbocycles. The number of aromatic nitrogens is 2. The number of carbonyl (C=O) groups excluding carboxylic acids is 1. The van der Waals surface area contributed by atoms with Crippen LogP contribution in [0.4, 0.5) is 5.95 Å². The second-order valence-corrected chi connectivity index (χ2v) is 10.1. The number of Topliss-reactive ketones (excluding diaryl/α,β-unsaturated/α-hetero) is 1. The van der Waals surface area contributed by atoms with Crippen LogP contribution in [0.1, 0.15) is 60.6 Å². The second kappa shape index (κ2) is 7.45. The molecule has 0 fully saturated rings. The van der Waals surface area contributed by atoms with Crippen LogP contribution < -0.4 is 5.32 Å². The van der Waals surface area contributed by atoms with Gasteiger partial charge in [0.15, 0.2) is 5.78 Å². The lowest BCUT2D eigenvalue weighted by Gasteiger charge is -2.36. The van der Waals surface area contributed by atoms with E-state index in [4.69, 9.17) is 4.98 Å². The van der Waals surface area contributed by atoms with Gasteiger partial charge < -0.3 is 5.32 Å². The molecule has 0 saturated heterocycles. The van der Waals surface area contributed by atoms with Crippen molar-refractivity contribution < 1.29 is 4.79 Å². The fraction of sp³-hybridized carbons (Fsp3) is 0.259. The van der Waals surface area contributed by atoms with Crippen molar-refractivity contribution in [3.63, 3.8) is 0 Å². The van der Waals surface area contributed by atoms with Crippen molar-refractivity contribution in [1.29, 1.82) is 0 Å². The molecule has 1 aliphatic carbocycles. The van der Waals surface area contributed by atoms with Gasteiger partial charge in [-0.1, -0.05) is 56.3 Å². The first-order chi connectivity index (χ1) is 15.6. The molecule has 6 rings (SSSR count). The minimum absolute atomic E-state index is 0.161. The number of ketones is 1. The Hall–Kier alpha value is -3.18. The largest absolute Gasteiger partial charge is 0.329 e. The third kappa shape index (κ3) is 3.03. The SMILES string of the molecule is CC(C)c1ccc(C2C3=C(CC(c4cccs4)CC3=O)Nc3nc4ccccc4n32)cc1. The average molecular weight is 440 g/mol. The average Bonchev–Trinajstić information content (AvgIpc) is 3.45. The summed E-state index contributed by atoms with van der Waals surface area (Å²) in [6, 6.07) is 21.0. The fourth-order valence-corrected chi connectivity index (χ4v) is 5.96. The van der Waals surface area contributed by atoms with Crippen molar-refractivity contribution in [1.82, 2.24) is 9.55 Å². The molecule has 0 radical (unpaired) electrons. The minimum Gasteiger partial charge on any atom is -0.329 e. The molecule has 2 unspecified atom stereocenters. The van der Waals surface area contributed by atoms with Crippen molar-refractivity contribution in [2.75, 3.05) is 5.32 Å². The third-order valence-electron chi connectivity index (χ3n) is 6.76. The van der Waals surface area contributed by atoms with E-state index in [-0.39, 0.29) is 17.7 Å². The third-order valence-corrected chi connectivity index (χ3v) is 7.80. The Balaban J connectivity index is 1.53. The molecule has 2 atom stereocenters. The highest BCUT2D eigenvalue weighted by atomic mass is 32.1. The molecule has 0 saturated carbocycles. The summed E-state index contributed by atoms with van der Waals surface area (Å²) < 4.78 is 2.21. The quantitative estimate of drug-likeness (QED) is 0.389. The van der Waals surface area contributed by atoms with E-state index >= 15 is 0 Å². The maximum Gasteiger partial charge on any atom is 0.209 e. The number of anilines is 1. The van der Waals surface area contributed by atoms with Gasteiger partial charge in [-0.15, -0.1) is 11.3 Å². The van der Waals surface area contributed by atoms with E-state index in [1.165, 1.54) is 10.4 Å². The number of benzene rings is 2. The van der Waals surface area contributed by atoms with Gasteiger partial charge in [0.1, 0.15) is 0 Å². The lowest BCUT2D eigenvalue weighted by atomic mass is 9.79. The Morgan fingerprint density at radius 1 is 1.03 bits per heavy atom. The number of fused-ring (bicyclic) bond motifs is 3. The van der Waals surface area contributed by atoms with Crippen LogP contribution in [0.2, 0.25) is 0 Å². The van der Waals surface area contributed by atoms with Gasteiger partial charge in [-0.25, -0.2) is 4.98 Å².